The largest absolute Gasteiger partial charge is 0.324 e. The number of hydrogen-bond donors (Lipinski definition) is 1. The van der Waals surface area contributed by atoms with Crippen LogP contribution in [0.1, 0.15) is 11.1 Å². The summed E-state index contributed by atoms with van der Waals surface area (Å²) in [5.41, 5.74) is 3.54. The Bertz CT molecular complexity index is 1300. The number of benzene rings is 3. The SMILES string of the molecule is Cc1cccc(N2C(=O)CS[C@]23C(=O)N(CC(=O)Nc2cccc(Cl)c2)c2ccccc23)c1. The van der Waals surface area contributed by atoms with E-state index in [-0.39, 0.29) is 30.0 Å². The highest BCUT2D eigenvalue weighted by molar-refractivity contribution is 8.02. The van der Waals surface area contributed by atoms with Gasteiger partial charge in [0.1, 0.15) is 6.54 Å². The van der Waals surface area contributed by atoms with Crippen molar-refractivity contribution in [2.45, 2.75) is 11.8 Å². The van der Waals surface area contributed by atoms with Gasteiger partial charge in [0.05, 0.1) is 11.4 Å². The Morgan fingerprint density at radius 2 is 1.85 bits per heavy atom. The molecule has 3 aromatic rings. The number of para-hydroxylation sites is 1. The van der Waals surface area contributed by atoms with Crippen LogP contribution in [0.4, 0.5) is 17.1 Å². The smallest absolute Gasteiger partial charge is 0.269 e. The lowest BCUT2D eigenvalue weighted by Gasteiger charge is -2.33. The molecule has 1 atom stereocenters. The van der Waals surface area contributed by atoms with Crippen LogP contribution in [0, 0.1) is 6.92 Å². The Kier molecular flexibility index (Phi) is 5.38. The third kappa shape index (κ3) is 3.57. The van der Waals surface area contributed by atoms with Crippen molar-refractivity contribution in [1.82, 2.24) is 0 Å². The van der Waals surface area contributed by atoms with Gasteiger partial charge in [-0.1, -0.05) is 48.0 Å². The van der Waals surface area contributed by atoms with Crippen molar-refractivity contribution in [1.29, 1.82) is 0 Å². The third-order valence-electron chi connectivity index (χ3n) is 5.73. The molecule has 2 aliphatic heterocycles. The number of carbonyl (C=O) groups is 3. The van der Waals surface area contributed by atoms with Crippen molar-refractivity contribution in [2.75, 3.05) is 27.4 Å². The zero-order chi connectivity index (χ0) is 23.2. The van der Waals surface area contributed by atoms with Crippen molar-refractivity contribution in [3.8, 4) is 0 Å². The summed E-state index contributed by atoms with van der Waals surface area (Å²) in [6.07, 6.45) is 0. The Balaban J connectivity index is 1.52. The van der Waals surface area contributed by atoms with E-state index in [9.17, 15) is 14.4 Å². The van der Waals surface area contributed by atoms with E-state index in [0.717, 1.165) is 5.56 Å². The zero-order valence-electron chi connectivity index (χ0n) is 17.7. The lowest BCUT2D eigenvalue weighted by molar-refractivity contribution is -0.124. The number of hydrogen-bond acceptors (Lipinski definition) is 4. The van der Waals surface area contributed by atoms with E-state index >= 15 is 0 Å². The first kappa shape index (κ1) is 21.6. The van der Waals surface area contributed by atoms with E-state index in [1.165, 1.54) is 16.7 Å². The van der Waals surface area contributed by atoms with Crippen LogP contribution in [0.2, 0.25) is 5.02 Å². The molecule has 33 heavy (non-hydrogen) atoms. The summed E-state index contributed by atoms with van der Waals surface area (Å²) < 4.78 is 0. The van der Waals surface area contributed by atoms with Gasteiger partial charge in [-0.15, -0.1) is 11.8 Å². The number of nitrogens with one attached hydrogen (secondary N) is 1. The monoisotopic (exact) mass is 477 g/mol. The van der Waals surface area contributed by atoms with Crippen LogP contribution in [0.15, 0.2) is 72.8 Å². The summed E-state index contributed by atoms with van der Waals surface area (Å²) in [6.45, 7) is 1.77. The van der Waals surface area contributed by atoms with Crippen molar-refractivity contribution in [3.05, 3.63) is 88.9 Å². The van der Waals surface area contributed by atoms with Gasteiger partial charge >= 0.3 is 0 Å². The highest BCUT2D eigenvalue weighted by Gasteiger charge is 2.61. The molecule has 3 aromatic carbocycles. The van der Waals surface area contributed by atoms with Crippen molar-refractivity contribution < 1.29 is 14.4 Å². The van der Waals surface area contributed by atoms with Crippen molar-refractivity contribution in [2.24, 2.45) is 0 Å². The topological polar surface area (TPSA) is 69.7 Å². The van der Waals surface area contributed by atoms with Gasteiger partial charge in [0.25, 0.3) is 5.91 Å². The Morgan fingerprint density at radius 3 is 2.64 bits per heavy atom. The number of thioether (sulfide) groups is 1. The molecule has 3 amide bonds. The first-order chi connectivity index (χ1) is 15.9. The Labute approximate surface area is 200 Å². The molecule has 1 fully saturated rings. The minimum atomic E-state index is -1.24. The summed E-state index contributed by atoms with van der Waals surface area (Å²) in [5, 5.41) is 3.30. The summed E-state index contributed by atoms with van der Waals surface area (Å²) >= 11 is 7.31. The fourth-order valence-electron chi connectivity index (χ4n) is 4.39. The fraction of sp³-hybridized carbons (Fsp3) is 0.160. The van der Waals surface area contributed by atoms with Crippen LogP contribution in [-0.2, 0) is 19.3 Å². The molecular formula is C25H20ClN3O3S. The van der Waals surface area contributed by atoms with Crippen molar-refractivity contribution >= 4 is 58.1 Å². The number of aryl methyl sites for hydroxylation is 1. The van der Waals surface area contributed by atoms with Crippen molar-refractivity contribution in [3.63, 3.8) is 0 Å². The number of rotatable bonds is 4. The van der Waals surface area contributed by atoms with Crippen LogP contribution < -0.4 is 15.1 Å². The predicted octanol–water partition coefficient (Wildman–Crippen LogP) is 4.57. The van der Waals surface area contributed by atoms with Crippen LogP contribution in [-0.4, -0.2) is 30.0 Å². The van der Waals surface area contributed by atoms with E-state index in [1.54, 1.807) is 29.2 Å². The van der Waals surface area contributed by atoms with Crippen LogP contribution in [0.3, 0.4) is 0 Å². The molecule has 166 valence electrons. The molecule has 2 heterocycles. The van der Waals surface area contributed by atoms with E-state index in [4.69, 9.17) is 11.6 Å². The van der Waals surface area contributed by atoms with Crippen LogP contribution >= 0.6 is 23.4 Å². The van der Waals surface area contributed by atoms with E-state index in [2.05, 4.69) is 5.32 Å². The molecular weight excluding hydrogens is 458 g/mol. The van der Waals surface area contributed by atoms with Gasteiger partial charge in [0.15, 0.2) is 0 Å². The zero-order valence-corrected chi connectivity index (χ0v) is 19.3. The van der Waals surface area contributed by atoms with E-state index in [0.29, 0.717) is 27.6 Å². The molecule has 5 rings (SSSR count). The number of nitrogens with zero attached hydrogens (tertiary/aromatic N) is 2. The summed E-state index contributed by atoms with van der Waals surface area (Å²) in [7, 11) is 0. The molecule has 0 radical (unpaired) electrons. The van der Waals surface area contributed by atoms with Gasteiger partial charge < -0.3 is 5.32 Å². The lowest BCUT2D eigenvalue weighted by atomic mass is 10.0. The minimum absolute atomic E-state index is 0.140. The number of carbonyl (C=O) groups excluding carboxylic acids is 3. The number of anilines is 3. The molecule has 0 aliphatic carbocycles. The van der Waals surface area contributed by atoms with E-state index < -0.39 is 4.87 Å². The summed E-state index contributed by atoms with van der Waals surface area (Å²) in [4.78, 5) is 41.7. The second-order valence-corrected chi connectivity index (χ2v) is 9.57. The molecule has 0 unspecified atom stereocenters. The number of halogens is 1. The standard InChI is InChI=1S/C25H20ClN3O3S/c1-16-6-4-9-19(12-16)29-23(31)15-33-25(29)20-10-2-3-11-21(20)28(24(25)32)14-22(30)27-18-8-5-7-17(26)13-18/h2-13H,14-15H2,1H3,(H,27,30)/t25-/m1/s1. The molecule has 6 nitrogen and oxygen atoms in total. The molecule has 2 aliphatic rings. The Hall–Kier alpha value is -3.29. The average molecular weight is 478 g/mol. The summed E-state index contributed by atoms with van der Waals surface area (Å²) in [6, 6.07) is 21.7. The molecule has 0 bridgehead atoms. The minimum Gasteiger partial charge on any atom is -0.324 e. The van der Waals surface area contributed by atoms with Gasteiger partial charge in [0.2, 0.25) is 16.7 Å². The average Bonchev–Trinajstić information content (AvgIpc) is 3.25. The maximum Gasteiger partial charge on any atom is 0.269 e. The Morgan fingerprint density at radius 1 is 1.06 bits per heavy atom. The van der Waals surface area contributed by atoms with Gasteiger partial charge in [-0.25, -0.2) is 0 Å². The third-order valence-corrected chi connectivity index (χ3v) is 7.36. The normalized spacial score (nSPS) is 19.3. The molecule has 1 N–H and O–H groups in total. The van der Waals surface area contributed by atoms with E-state index in [1.807, 2.05) is 55.5 Å². The van der Waals surface area contributed by atoms with Gasteiger partial charge in [0, 0.05) is 22.0 Å². The fourth-order valence-corrected chi connectivity index (χ4v) is 5.94. The summed E-state index contributed by atoms with van der Waals surface area (Å²) in [5.74, 6) is -0.619. The first-order valence-electron chi connectivity index (χ1n) is 10.4. The van der Waals surface area contributed by atoms with Gasteiger partial charge in [-0.2, -0.15) is 0 Å². The second kappa shape index (κ2) is 8.24. The highest BCUT2D eigenvalue weighted by Crippen LogP contribution is 2.55. The molecule has 1 saturated heterocycles. The quantitative estimate of drug-likeness (QED) is 0.597. The van der Waals surface area contributed by atoms with Crippen LogP contribution in [0.5, 0.6) is 0 Å². The molecule has 0 saturated carbocycles. The first-order valence-corrected chi connectivity index (χ1v) is 11.8. The maximum absolute atomic E-state index is 14.0. The number of fused-ring (bicyclic) bond motifs is 2. The van der Waals surface area contributed by atoms with Gasteiger partial charge in [-0.3, -0.25) is 24.2 Å². The highest BCUT2D eigenvalue weighted by atomic mass is 35.5. The molecule has 1 spiro atoms. The van der Waals surface area contributed by atoms with Gasteiger partial charge in [-0.05, 0) is 48.9 Å². The number of amides is 3. The molecule has 0 aromatic heterocycles. The molecule has 8 heteroatoms. The predicted molar refractivity (Wildman–Crippen MR) is 132 cm³/mol. The van der Waals surface area contributed by atoms with Crippen LogP contribution in [0.25, 0.3) is 0 Å². The maximum atomic E-state index is 14.0. The second-order valence-electron chi connectivity index (χ2n) is 7.97. The lowest BCUT2D eigenvalue weighted by Crippen LogP contribution is -2.50.